The molecule has 23 heavy (non-hydrogen) atoms. The molecule has 0 aromatic heterocycles. The molecule has 1 atom stereocenters. The lowest BCUT2D eigenvalue weighted by molar-refractivity contribution is -0.121. The lowest BCUT2D eigenvalue weighted by atomic mass is 10.0. The molecule has 0 saturated carbocycles. The normalized spacial score (nSPS) is 21.3. The summed E-state index contributed by atoms with van der Waals surface area (Å²) in [6, 6.07) is 8.18. The maximum absolute atomic E-state index is 12.0. The van der Waals surface area contributed by atoms with Gasteiger partial charge in [-0.15, -0.1) is 0 Å². The van der Waals surface area contributed by atoms with Crippen LogP contribution in [0.15, 0.2) is 24.3 Å². The Morgan fingerprint density at radius 2 is 2.04 bits per heavy atom. The standard InChI is InChI=1S/C19H28N2O2/c22-19(9-6-14-21-12-4-1-5-13-21)20-15-17-11-10-16-7-2-3-8-18(16)23-17/h2-3,7-8,17H,1,4-6,9-15H2,(H,20,22)/t17-/m1/s1. The summed E-state index contributed by atoms with van der Waals surface area (Å²) in [5.41, 5.74) is 1.27. The van der Waals surface area contributed by atoms with Gasteiger partial charge in [-0.3, -0.25) is 4.79 Å². The minimum absolute atomic E-state index is 0.107. The summed E-state index contributed by atoms with van der Waals surface area (Å²) in [5.74, 6) is 1.13. The summed E-state index contributed by atoms with van der Waals surface area (Å²) in [6.07, 6.45) is 7.69. The molecular weight excluding hydrogens is 288 g/mol. The highest BCUT2D eigenvalue weighted by atomic mass is 16.5. The molecule has 1 N–H and O–H groups in total. The van der Waals surface area contributed by atoms with Crippen molar-refractivity contribution in [2.24, 2.45) is 0 Å². The van der Waals surface area contributed by atoms with Crippen molar-refractivity contribution >= 4 is 5.91 Å². The molecule has 0 unspecified atom stereocenters. The predicted octanol–water partition coefficient (Wildman–Crippen LogP) is 2.76. The van der Waals surface area contributed by atoms with E-state index in [1.54, 1.807) is 0 Å². The van der Waals surface area contributed by atoms with Crippen LogP contribution in [0.25, 0.3) is 0 Å². The molecule has 1 amide bonds. The highest BCUT2D eigenvalue weighted by Crippen LogP contribution is 2.26. The fourth-order valence-electron chi connectivity index (χ4n) is 3.49. The molecule has 2 aliphatic rings. The van der Waals surface area contributed by atoms with E-state index in [0.29, 0.717) is 13.0 Å². The zero-order chi connectivity index (χ0) is 15.9. The van der Waals surface area contributed by atoms with Gasteiger partial charge in [-0.1, -0.05) is 24.6 Å². The molecule has 1 aromatic rings. The Balaban J connectivity index is 1.32. The van der Waals surface area contributed by atoms with E-state index in [9.17, 15) is 4.79 Å². The number of ether oxygens (including phenoxy) is 1. The number of aryl methyl sites for hydroxylation is 1. The van der Waals surface area contributed by atoms with Gasteiger partial charge in [0.2, 0.25) is 5.91 Å². The number of piperidine rings is 1. The molecule has 3 rings (SSSR count). The molecule has 4 nitrogen and oxygen atoms in total. The van der Waals surface area contributed by atoms with Gasteiger partial charge in [0.15, 0.2) is 0 Å². The van der Waals surface area contributed by atoms with Gasteiger partial charge in [-0.2, -0.15) is 0 Å². The fourth-order valence-corrected chi connectivity index (χ4v) is 3.49. The molecular formula is C19H28N2O2. The quantitative estimate of drug-likeness (QED) is 0.877. The molecule has 2 aliphatic heterocycles. The first-order valence-corrected chi connectivity index (χ1v) is 9.05. The number of carbonyl (C=O) groups excluding carboxylic acids is 1. The van der Waals surface area contributed by atoms with Crippen LogP contribution in [-0.4, -0.2) is 43.1 Å². The van der Waals surface area contributed by atoms with E-state index in [4.69, 9.17) is 4.74 Å². The van der Waals surface area contributed by atoms with Crippen LogP contribution in [0.1, 0.15) is 44.1 Å². The Kier molecular flexibility index (Phi) is 5.92. The molecule has 4 heteroatoms. The summed E-state index contributed by atoms with van der Waals surface area (Å²) in [6.45, 7) is 4.09. The lowest BCUT2D eigenvalue weighted by Gasteiger charge is -2.27. The first-order valence-electron chi connectivity index (χ1n) is 9.05. The smallest absolute Gasteiger partial charge is 0.220 e. The maximum atomic E-state index is 12.0. The topological polar surface area (TPSA) is 41.6 Å². The average Bonchev–Trinajstić information content (AvgIpc) is 2.61. The predicted molar refractivity (Wildman–Crippen MR) is 91.7 cm³/mol. The van der Waals surface area contributed by atoms with Gasteiger partial charge in [0.1, 0.15) is 11.9 Å². The van der Waals surface area contributed by atoms with Gasteiger partial charge in [0.25, 0.3) is 0 Å². The Labute approximate surface area is 139 Å². The summed E-state index contributed by atoms with van der Waals surface area (Å²) < 4.78 is 5.96. The van der Waals surface area contributed by atoms with Crippen LogP contribution in [0.4, 0.5) is 0 Å². The van der Waals surface area contributed by atoms with Crippen molar-refractivity contribution in [3.05, 3.63) is 29.8 Å². The Bertz CT molecular complexity index is 512. The third kappa shape index (κ3) is 4.96. The zero-order valence-electron chi connectivity index (χ0n) is 13.9. The number of nitrogens with zero attached hydrogens (tertiary/aromatic N) is 1. The third-order valence-corrected chi connectivity index (χ3v) is 4.86. The fraction of sp³-hybridized carbons (Fsp3) is 0.632. The molecule has 126 valence electrons. The monoisotopic (exact) mass is 316 g/mol. The number of para-hydroxylation sites is 1. The van der Waals surface area contributed by atoms with Crippen molar-refractivity contribution < 1.29 is 9.53 Å². The van der Waals surface area contributed by atoms with Crippen molar-refractivity contribution in [1.29, 1.82) is 0 Å². The minimum Gasteiger partial charge on any atom is -0.488 e. The van der Waals surface area contributed by atoms with E-state index < -0.39 is 0 Å². The number of fused-ring (bicyclic) bond motifs is 1. The van der Waals surface area contributed by atoms with Crippen LogP contribution in [0.5, 0.6) is 5.75 Å². The number of hydrogen-bond acceptors (Lipinski definition) is 3. The molecule has 1 aromatic carbocycles. The van der Waals surface area contributed by atoms with Crippen LogP contribution in [-0.2, 0) is 11.2 Å². The number of benzene rings is 1. The Morgan fingerprint density at radius 1 is 1.22 bits per heavy atom. The Morgan fingerprint density at radius 3 is 2.91 bits per heavy atom. The lowest BCUT2D eigenvalue weighted by Crippen LogP contribution is -2.37. The van der Waals surface area contributed by atoms with E-state index in [0.717, 1.165) is 31.6 Å². The SMILES string of the molecule is O=C(CCCN1CCCCC1)NC[C@H]1CCc2ccccc2O1. The molecule has 2 heterocycles. The number of rotatable bonds is 6. The van der Waals surface area contributed by atoms with E-state index in [1.165, 1.54) is 37.9 Å². The number of nitrogens with one attached hydrogen (secondary N) is 1. The Hall–Kier alpha value is -1.55. The second kappa shape index (κ2) is 8.34. The summed E-state index contributed by atoms with van der Waals surface area (Å²) >= 11 is 0. The highest BCUT2D eigenvalue weighted by Gasteiger charge is 2.19. The number of hydrogen-bond donors (Lipinski definition) is 1. The van der Waals surface area contributed by atoms with Crippen LogP contribution in [0.2, 0.25) is 0 Å². The summed E-state index contributed by atoms with van der Waals surface area (Å²) in [4.78, 5) is 14.5. The van der Waals surface area contributed by atoms with Crippen molar-refractivity contribution in [2.45, 2.75) is 51.0 Å². The van der Waals surface area contributed by atoms with Crippen molar-refractivity contribution in [3.63, 3.8) is 0 Å². The molecule has 1 fully saturated rings. The number of likely N-dealkylation sites (tertiary alicyclic amines) is 1. The maximum Gasteiger partial charge on any atom is 0.220 e. The van der Waals surface area contributed by atoms with Crippen LogP contribution in [0, 0.1) is 0 Å². The molecule has 0 aliphatic carbocycles. The van der Waals surface area contributed by atoms with E-state index >= 15 is 0 Å². The van der Waals surface area contributed by atoms with Gasteiger partial charge in [-0.05, 0) is 63.4 Å². The van der Waals surface area contributed by atoms with E-state index in [1.807, 2.05) is 18.2 Å². The largest absolute Gasteiger partial charge is 0.488 e. The van der Waals surface area contributed by atoms with Crippen LogP contribution in [0.3, 0.4) is 0 Å². The minimum atomic E-state index is 0.107. The zero-order valence-corrected chi connectivity index (χ0v) is 13.9. The molecule has 0 radical (unpaired) electrons. The van der Waals surface area contributed by atoms with E-state index in [2.05, 4.69) is 16.3 Å². The number of carbonyl (C=O) groups is 1. The molecule has 1 saturated heterocycles. The molecule has 0 spiro atoms. The second-order valence-electron chi connectivity index (χ2n) is 6.70. The summed E-state index contributed by atoms with van der Waals surface area (Å²) in [5, 5.41) is 3.04. The molecule has 0 bridgehead atoms. The van der Waals surface area contributed by atoms with Crippen molar-refractivity contribution in [1.82, 2.24) is 10.2 Å². The van der Waals surface area contributed by atoms with E-state index in [-0.39, 0.29) is 12.0 Å². The van der Waals surface area contributed by atoms with Gasteiger partial charge in [0.05, 0.1) is 6.54 Å². The van der Waals surface area contributed by atoms with Gasteiger partial charge in [-0.25, -0.2) is 0 Å². The highest BCUT2D eigenvalue weighted by molar-refractivity contribution is 5.75. The van der Waals surface area contributed by atoms with Gasteiger partial charge >= 0.3 is 0 Å². The van der Waals surface area contributed by atoms with Gasteiger partial charge in [0, 0.05) is 6.42 Å². The first kappa shape index (κ1) is 16.3. The first-order chi connectivity index (χ1) is 11.3. The van der Waals surface area contributed by atoms with Gasteiger partial charge < -0.3 is 15.0 Å². The third-order valence-electron chi connectivity index (χ3n) is 4.86. The number of amides is 1. The van der Waals surface area contributed by atoms with Crippen molar-refractivity contribution in [3.8, 4) is 5.75 Å². The summed E-state index contributed by atoms with van der Waals surface area (Å²) in [7, 11) is 0. The van der Waals surface area contributed by atoms with Crippen molar-refractivity contribution in [2.75, 3.05) is 26.2 Å². The van der Waals surface area contributed by atoms with Crippen LogP contribution >= 0.6 is 0 Å². The second-order valence-corrected chi connectivity index (χ2v) is 6.70. The average molecular weight is 316 g/mol. The van der Waals surface area contributed by atoms with Crippen LogP contribution < -0.4 is 10.1 Å².